The van der Waals surface area contributed by atoms with E-state index in [1.807, 2.05) is 35.2 Å². The number of aromatic nitrogens is 2. The lowest BCUT2D eigenvalue weighted by molar-refractivity contribution is 0.0601. The molecule has 0 radical (unpaired) electrons. The molecule has 1 saturated carbocycles. The number of alkyl carbamates (subject to hydrolysis) is 1. The first-order chi connectivity index (χ1) is 21.0. The quantitative estimate of drug-likeness (QED) is 0.320. The lowest BCUT2D eigenvalue weighted by Crippen LogP contribution is -2.54. The van der Waals surface area contributed by atoms with E-state index in [1.54, 1.807) is 38.6 Å². The zero-order chi connectivity index (χ0) is 30.2. The van der Waals surface area contributed by atoms with Crippen LogP contribution in [0.1, 0.15) is 55.6 Å². The highest BCUT2D eigenvalue weighted by Gasteiger charge is 2.35. The third kappa shape index (κ3) is 7.25. The van der Waals surface area contributed by atoms with Crippen LogP contribution in [0.5, 0.6) is 11.5 Å². The molecule has 43 heavy (non-hydrogen) atoms. The van der Waals surface area contributed by atoms with E-state index in [9.17, 15) is 9.59 Å². The highest BCUT2D eigenvalue weighted by molar-refractivity contribution is 6.32. The molecule has 0 bridgehead atoms. The van der Waals surface area contributed by atoms with Crippen molar-refractivity contribution in [2.24, 2.45) is 0 Å². The Balaban J connectivity index is 1.39. The number of nitrogens with zero attached hydrogens (tertiary/aromatic N) is 3. The second-order valence-corrected chi connectivity index (χ2v) is 11.2. The van der Waals surface area contributed by atoms with E-state index in [4.69, 9.17) is 30.8 Å². The van der Waals surface area contributed by atoms with Crippen molar-refractivity contribution < 1.29 is 23.8 Å². The summed E-state index contributed by atoms with van der Waals surface area (Å²) in [5, 5.41) is 6.98. The summed E-state index contributed by atoms with van der Waals surface area (Å²) < 4.78 is 18.6. The normalized spacial score (nSPS) is 20.3. The summed E-state index contributed by atoms with van der Waals surface area (Å²) in [6.07, 6.45) is 5.69. The minimum atomic E-state index is -0.418. The summed E-state index contributed by atoms with van der Waals surface area (Å²) in [5.41, 5.74) is 2.09. The lowest BCUT2D eigenvalue weighted by atomic mass is 9.89. The number of hydrogen-bond acceptors (Lipinski definition) is 7. The van der Waals surface area contributed by atoms with Crippen molar-refractivity contribution in [3.63, 3.8) is 0 Å². The summed E-state index contributed by atoms with van der Waals surface area (Å²) in [6, 6.07) is 14.9. The van der Waals surface area contributed by atoms with E-state index in [0.29, 0.717) is 61.5 Å². The van der Waals surface area contributed by atoms with Crippen LogP contribution >= 0.6 is 11.6 Å². The zero-order valence-electron chi connectivity index (χ0n) is 24.8. The Hall–Kier alpha value is -3.76. The van der Waals surface area contributed by atoms with Crippen molar-refractivity contribution in [3.05, 3.63) is 65.6 Å². The maximum absolute atomic E-state index is 14.3. The largest absolute Gasteiger partial charge is 0.497 e. The number of methoxy groups -OCH3 is 1. The number of imidazole rings is 1. The Morgan fingerprint density at radius 3 is 2.74 bits per heavy atom. The van der Waals surface area contributed by atoms with Crippen LogP contribution in [0.15, 0.2) is 54.9 Å². The van der Waals surface area contributed by atoms with Crippen LogP contribution < -0.4 is 20.1 Å². The molecule has 1 aromatic heterocycles. The number of benzene rings is 2. The smallest absolute Gasteiger partial charge is 0.407 e. The fourth-order valence-electron chi connectivity index (χ4n) is 6.04. The van der Waals surface area contributed by atoms with Gasteiger partial charge in [-0.05, 0) is 31.9 Å². The van der Waals surface area contributed by atoms with Gasteiger partial charge in [0.15, 0.2) is 5.69 Å². The first-order valence-corrected chi connectivity index (χ1v) is 15.4. The topological polar surface area (TPSA) is 107 Å². The number of ether oxygens (including phenoxy) is 3. The van der Waals surface area contributed by atoms with Crippen LogP contribution in [0, 0.1) is 0 Å². The van der Waals surface area contributed by atoms with Crippen LogP contribution in [-0.2, 0) is 4.74 Å². The predicted molar refractivity (Wildman–Crippen MR) is 165 cm³/mol. The molecule has 1 aliphatic carbocycles. The molecular formula is C32H40ClN5O5. The average Bonchev–Trinajstić information content (AvgIpc) is 3.48. The molecular weight excluding hydrogens is 570 g/mol. The number of carbonyl (C=O) groups excluding carboxylic acids is 2. The van der Waals surface area contributed by atoms with Gasteiger partial charge in [0.2, 0.25) is 0 Å². The first kappa shape index (κ1) is 30.7. The maximum atomic E-state index is 14.3. The fourth-order valence-corrected chi connectivity index (χ4v) is 6.21. The summed E-state index contributed by atoms with van der Waals surface area (Å²) in [7, 11) is 1.60. The number of hydrogen-bond donors (Lipinski definition) is 2. The van der Waals surface area contributed by atoms with Crippen molar-refractivity contribution in [3.8, 4) is 22.8 Å². The molecule has 5 rings (SSSR count). The lowest BCUT2D eigenvalue weighted by Gasteiger charge is -2.36. The number of amides is 2. The number of rotatable bonds is 10. The molecule has 0 spiro atoms. The highest BCUT2D eigenvalue weighted by Crippen LogP contribution is 2.35. The molecule has 2 fully saturated rings. The van der Waals surface area contributed by atoms with Gasteiger partial charge in [0.1, 0.15) is 11.5 Å². The number of piperazine rings is 1. The molecule has 3 atom stereocenters. The second-order valence-electron chi connectivity index (χ2n) is 10.8. The molecule has 2 heterocycles. The van der Waals surface area contributed by atoms with E-state index in [2.05, 4.69) is 15.2 Å². The van der Waals surface area contributed by atoms with Gasteiger partial charge >= 0.3 is 6.09 Å². The van der Waals surface area contributed by atoms with E-state index in [0.717, 1.165) is 36.9 Å². The third-order valence-electron chi connectivity index (χ3n) is 8.17. The Morgan fingerprint density at radius 1 is 1.14 bits per heavy atom. The molecule has 10 nitrogen and oxygen atoms in total. The third-order valence-corrected chi connectivity index (χ3v) is 8.48. The Bertz CT molecular complexity index is 1380. The Kier molecular flexibility index (Phi) is 10.4. The van der Waals surface area contributed by atoms with E-state index in [-0.39, 0.29) is 24.0 Å². The molecule has 230 valence electrons. The maximum Gasteiger partial charge on any atom is 0.407 e. The number of halogens is 1. The van der Waals surface area contributed by atoms with Crippen LogP contribution in [0.3, 0.4) is 0 Å². The van der Waals surface area contributed by atoms with Gasteiger partial charge in [0.05, 0.1) is 49.5 Å². The van der Waals surface area contributed by atoms with Gasteiger partial charge in [0, 0.05) is 43.7 Å². The monoisotopic (exact) mass is 609 g/mol. The van der Waals surface area contributed by atoms with Gasteiger partial charge in [-0.15, -0.1) is 0 Å². The molecule has 2 aliphatic rings. The van der Waals surface area contributed by atoms with E-state index >= 15 is 0 Å². The van der Waals surface area contributed by atoms with Crippen molar-refractivity contribution >= 4 is 23.6 Å². The minimum absolute atomic E-state index is 0.0535. The van der Waals surface area contributed by atoms with Gasteiger partial charge in [-0.3, -0.25) is 4.79 Å². The average molecular weight is 610 g/mol. The molecule has 1 saturated heterocycles. The fraction of sp³-hybridized carbons (Fsp3) is 0.469. The molecule has 0 unspecified atom stereocenters. The second kappa shape index (κ2) is 14.6. The summed E-state index contributed by atoms with van der Waals surface area (Å²) in [4.78, 5) is 33.3. The standard InChI is InChI=1S/C32H40ClN5O5/c1-3-42-32(40)36-26-11-7-8-12-27(26)38-21-35-29(30(38)22-9-5-4-6-10-22)31(39)37-17-16-34-20-23(37)15-18-43-28-19-24(41-2)13-14-25(28)33/h4-6,9-10,13-14,19,21,23,26-27,34H,3,7-8,11-12,15-18,20H2,1-2H3,(H,36,40)/t23-,26+,27+/m1/s1. The van der Waals surface area contributed by atoms with Gasteiger partial charge in [0.25, 0.3) is 5.91 Å². The molecule has 11 heteroatoms. The van der Waals surface area contributed by atoms with Crippen molar-refractivity contribution in [1.29, 1.82) is 0 Å². The Labute approximate surface area is 257 Å². The van der Waals surface area contributed by atoms with Crippen LogP contribution in [0.4, 0.5) is 4.79 Å². The number of nitrogens with one attached hydrogen (secondary N) is 2. The predicted octanol–water partition coefficient (Wildman–Crippen LogP) is 5.33. The van der Waals surface area contributed by atoms with Gasteiger partial charge in [-0.1, -0.05) is 54.8 Å². The van der Waals surface area contributed by atoms with Crippen molar-refractivity contribution in [2.75, 3.05) is 40.0 Å². The van der Waals surface area contributed by atoms with E-state index in [1.165, 1.54) is 0 Å². The Morgan fingerprint density at radius 2 is 1.95 bits per heavy atom. The van der Waals surface area contributed by atoms with Crippen molar-refractivity contribution in [2.45, 2.75) is 57.2 Å². The van der Waals surface area contributed by atoms with Gasteiger partial charge in [-0.25, -0.2) is 9.78 Å². The highest BCUT2D eigenvalue weighted by atomic mass is 35.5. The molecule has 3 aromatic rings. The molecule has 2 amide bonds. The van der Waals surface area contributed by atoms with Gasteiger partial charge < -0.3 is 34.3 Å². The van der Waals surface area contributed by atoms with Crippen LogP contribution in [-0.4, -0.2) is 78.5 Å². The molecule has 1 aliphatic heterocycles. The number of carbonyl (C=O) groups is 2. The molecule has 2 aromatic carbocycles. The van der Waals surface area contributed by atoms with Crippen molar-refractivity contribution in [1.82, 2.24) is 25.1 Å². The zero-order valence-corrected chi connectivity index (χ0v) is 25.5. The van der Waals surface area contributed by atoms with E-state index < -0.39 is 6.09 Å². The first-order valence-electron chi connectivity index (χ1n) is 15.0. The summed E-state index contributed by atoms with van der Waals surface area (Å²) >= 11 is 6.33. The van der Waals surface area contributed by atoms with Crippen LogP contribution in [0.2, 0.25) is 5.02 Å². The van der Waals surface area contributed by atoms with Crippen LogP contribution in [0.25, 0.3) is 11.3 Å². The molecule has 2 N–H and O–H groups in total. The van der Waals surface area contributed by atoms with Gasteiger partial charge in [-0.2, -0.15) is 0 Å². The SMILES string of the molecule is CCOC(=O)N[C@H]1CCCC[C@@H]1n1cnc(C(=O)N2CCNC[C@H]2CCOc2cc(OC)ccc2Cl)c1-c1ccccc1. The summed E-state index contributed by atoms with van der Waals surface area (Å²) in [6.45, 7) is 4.39. The summed E-state index contributed by atoms with van der Waals surface area (Å²) in [5.74, 6) is 1.10. The minimum Gasteiger partial charge on any atom is -0.497 e.